The molecule has 5 nitrogen and oxygen atoms in total. The van der Waals surface area contributed by atoms with E-state index in [1.54, 1.807) is 0 Å². The second-order valence-electron chi connectivity index (χ2n) is 4.77. The molecule has 1 aromatic rings. The molecule has 2 rings (SSSR count). The zero-order chi connectivity index (χ0) is 15.1. The third-order valence-electron chi connectivity index (χ3n) is 3.06. The third-order valence-corrected chi connectivity index (χ3v) is 3.25. The Kier molecular flexibility index (Phi) is 5.68. The minimum atomic E-state index is 0.243. The van der Waals surface area contributed by atoms with Crippen LogP contribution in [0.25, 0.3) is 0 Å². The van der Waals surface area contributed by atoms with E-state index in [9.17, 15) is 4.79 Å². The average molecular weight is 305 g/mol. The van der Waals surface area contributed by atoms with E-state index >= 15 is 0 Å². The van der Waals surface area contributed by atoms with Crippen LogP contribution in [-0.4, -0.2) is 23.2 Å². The molecule has 1 fully saturated rings. The first-order valence-corrected chi connectivity index (χ1v) is 7.45. The van der Waals surface area contributed by atoms with Crippen molar-refractivity contribution < 1.29 is 9.53 Å². The molecular weight excluding hydrogens is 286 g/mol. The molecule has 2 N–H and O–H groups in total. The Balaban J connectivity index is 1.83. The van der Waals surface area contributed by atoms with Crippen LogP contribution >= 0.6 is 12.2 Å². The molecule has 1 aliphatic rings. The fourth-order valence-corrected chi connectivity index (χ4v) is 2.24. The molecule has 1 saturated carbocycles. The molecule has 0 atom stereocenters. The van der Waals surface area contributed by atoms with Crippen LogP contribution in [0, 0.1) is 0 Å². The largest absolute Gasteiger partial charge is 0.494 e. The van der Waals surface area contributed by atoms with Gasteiger partial charge in [0.15, 0.2) is 5.11 Å². The molecule has 0 bridgehead atoms. The van der Waals surface area contributed by atoms with E-state index in [1.165, 1.54) is 0 Å². The number of hydrazone groups is 1. The van der Waals surface area contributed by atoms with E-state index in [-0.39, 0.29) is 5.78 Å². The molecule has 21 heavy (non-hydrogen) atoms. The zero-order valence-corrected chi connectivity index (χ0v) is 12.8. The molecule has 0 radical (unpaired) electrons. The van der Waals surface area contributed by atoms with Gasteiger partial charge in [-0.3, -0.25) is 10.2 Å². The van der Waals surface area contributed by atoms with Crippen LogP contribution in [-0.2, 0) is 4.79 Å². The maximum absolute atomic E-state index is 11.3. The Bertz CT molecular complexity index is 540. The summed E-state index contributed by atoms with van der Waals surface area (Å²) in [7, 11) is 0. The lowest BCUT2D eigenvalue weighted by molar-refractivity contribution is -0.118. The Morgan fingerprint density at radius 2 is 2.10 bits per heavy atom. The number of hydrogen-bond acceptors (Lipinski definition) is 4. The number of thiocarbonyl (C=S) groups is 1. The van der Waals surface area contributed by atoms with Gasteiger partial charge in [-0.25, -0.2) is 0 Å². The minimum absolute atomic E-state index is 0.243. The Morgan fingerprint density at radius 1 is 1.33 bits per heavy atom. The lowest BCUT2D eigenvalue weighted by Gasteiger charge is -2.13. The molecule has 1 aromatic carbocycles. The number of Topliss-reactive ketones (excluding diaryl/α,β-unsaturated/α-hetero) is 1. The summed E-state index contributed by atoms with van der Waals surface area (Å²) < 4.78 is 5.37. The first-order chi connectivity index (χ1) is 10.2. The molecular formula is C15H19N3O2S. The van der Waals surface area contributed by atoms with Crippen molar-refractivity contribution in [2.75, 3.05) is 11.9 Å². The van der Waals surface area contributed by atoms with E-state index in [2.05, 4.69) is 15.8 Å². The summed E-state index contributed by atoms with van der Waals surface area (Å²) in [6, 6.07) is 7.52. The number of nitrogens with one attached hydrogen (secondary N) is 2. The topological polar surface area (TPSA) is 62.7 Å². The van der Waals surface area contributed by atoms with Gasteiger partial charge in [-0.2, -0.15) is 5.10 Å². The number of carbonyl (C=O) groups is 1. The Hall–Kier alpha value is -1.95. The van der Waals surface area contributed by atoms with E-state index in [1.807, 2.05) is 31.2 Å². The van der Waals surface area contributed by atoms with Crippen molar-refractivity contribution in [1.82, 2.24) is 5.43 Å². The van der Waals surface area contributed by atoms with Crippen molar-refractivity contribution in [2.24, 2.45) is 5.10 Å². The summed E-state index contributed by atoms with van der Waals surface area (Å²) in [6.45, 7) is 2.59. The highest BCUT2D eigenvalue weighted by molar-refractivity contribution is 7.80. The molecule has 0 spiro atoms. The highest BCUT2D eigenvalue weighted by atomic mass is 32.1. The third kappa shape index (κ3) is 5.15. The number of carbonyl (C=O) groups excluding carboxylic acids is 1. The number of hydrogen-bond donors (Lipinski definition) is 2. The fraction of sp³-hybridized carbons (Fsp3) is 0.400. The summed E-state index contributed by atoms with van der Waals surface area (Å²) in [5, 5.41) is 7.64. The second kappa shape index (κ2) is 7.73. The first kappa shape index (κ1) is 15.4. The predicted octanol–water partition coefficient (Wildman–Crippen LogP) is 2.87. The smallest absolute Gasteiger partial charge is 0.191 e. The van der Waals surface area contributed by atoms with Crippen molar-refractivity contribution >= 4 is 34.5 Å². The Morgan fingerprint density at radius 3 is 2.76 bits per heavy atom. The van der Waals surface area contributed by atoms with Gasteiger partial charge in [0.05, 0.1) is 6.61 Å². The zero-order valence-electron chi connectivity index (χ0n) is 12.0. The van der Waals surface area contributed by atoms with E-state index in [0.29, 0.717) is 24.6 Å². The summed E-state index contributed by atoms with van der Waals surface area (Å²) in [4.78, 5) is 11.3. The predicted molar refractivity (Wildman–Crippen MR) is 87.9 cm³/mol. The maximum Gasteiger partial charge on any atom is 0.191 e. The van der Waals surface area contributed by atoms with E-state index < -0.39 is 0 Å². The highest BCUT2D eigenvalue weighted by Gasteiger charge is 2.14. The standard InChI is InChI=1S/C15H19N3O2S/c1-2-20-14-8-6-11(7-9-14)16-15(21)18-17-12-4-3-5-13(19)10-12/h6-9H,2-5,10H2,1H3,(H2,16,18,21). The minimum Gasteiger partial charge on any atom is -0.494 e. The van der Waals surface area contributed by atoms with Gasteiger partial charge >= 0.3 is 0 Å². The number of benzene rings is 1. The van der Waals surface area contributed by atoms with Crippen LogP contribution in [0.1, 0.15) is 32.6 Å². The first-order valence-electron chi connectivity index (χ1n) is 7.04. The normalized spacial score (nSPS) is 16.6. The van der Waals surface area contributed by atoms with Crippen LogP contribution < -0.4 is 15.5 Å². The second-order valence-corrected chi connectivity index (χ2v) is 5.18. The van der Waals surface area contributed by atoms with Gasteiger partial charge < -0.3 is 10.1 Å². The summed E-state index contributed by atoms with van der Waals surface area (Å²) >= 11 is 5.17. The lowest BCUT2D eigenvalue weighted by Crippen LogP contribution is -2.26. The van der Waals surface area contributed by atoms with Crippen molar-refractivity contribution in [2.45, 2.75) is 32.6 Å². The molecule has 112 valence electrons. The van der Waals surface area contributed by atoms with Crippen molar-refractivity contribution in [3.8, 4) is 5.75 Å². The molecule has 0 amide bonds. The van der Waals surface area contributed by atoms with E-state index in [0.717, 1.165) is 30.0 Å². The number of anilines is 1. The van der Waals surface area contributed by atoms with Gasteiger partial charge in [-0.15, -0.1) is 0 Å². The number of nitrogens with zero attached hydrogens (tertiary/aromatic N) is 1. The van der Waals surface area contributed by atoms with Crippen LogP contribution in [0.2, 0.25) is 0 Å². The van der Waals surface area contributed by atoms with Gasteiger partial charge in [0.1, 0.15) is 11.5 Å². The Labute approximate surface area is 129 Å². The molecule has 0 aromatic heterocycles. The van der Waals surface area contributed by atoms with Gasteiger partial charge in [-0.1, -0.05) is 0 Å². The summed E-state index contributed by atoms with van der Waals surface area (Å²) in [5.41, 5.74) is 4.51. The maximum atomic E-state index is 11.3. The van der Waals surface area contributed by atoms with Gasteiger partial charge in [0, 0.05) is 24.2 Å². The summed E-state index contributed by atoms with van der Waals surface area (Å²) in [6.07, 6.45) is 2.81. The van der Waals surface area contributed by atoms with Crippen LogP contribution in [0.4, 0.5) is 5.69 Å². The van der Waals surface area contributed by atoms with Crippen molar-refractivity contribution in [3.05, 3.63) is 24.3 Å². The van der Waals surface area contributed by atoms with E-state index in [4.69, 9.17) is 17.0 Å². The van der Waals surface area contributed by atoms with Crippen LogP contribution in [0.15, 0.2) is 29.4 Å². The molecule has 6 heteroatoms. The summed E-state index contributed by atoms with van der Waals surface area (Å²) in [5.74, 6) is 1.06. The van der Waals surface area contributed by atoms with Gasteiger partial charge in [0.25, 0.3) is 0 Å². The monoisotopic (exact) mass is 305 g/mol. The molecule has 0 unspecified atom stereocenters. The molecule has 0 saturated heterocycles. The van der Waals surface area contributed by atoms with Gasteiger partial charge in [-0.05, 0) is 56.2 Å². The van der Waals surface area contributed by atoms with Crippen LogP contribution in [0.3, 0.4) is 0 Å². The SMILES string of the molecule is CCOc1ccc(NC(=S)NN=C2CCCC(=O)C2)cc1. The van der Waals surface area contributed by atoms with Crippen molar-refractivity contribution in [3.63, 3.8) is 0 Å². The quantitative estimate of drug-likeness (QED) is 0.661. The number of ether oxygens (including phenoxy) is 1. The highest BCUT2D eigenvalue weighted by Crippen LogP contribution is 2.15. The molecule has 1 aliphatic carbocycles. The van der Waals surface area contributed by atoms with Crippen molar-refractivity contribution in [1.29, 1.82) is 0 Å². The average Bonchev–Trinajstić information content (AvgIpc) is 2.48. The van der Waals surface area contributed by atoms with Gasteiger partial charge in [0.2, 0.25) is 0 Å². The molecule has 0 aliphatic heterocycles. The number of rotatable bonds is 4. The fourth-order valence-electron chi connectivity index (χ4n) is 2.08. The molecule has 0 heterocycles. The number of ketones is 1. The van der Waals surface area contributed by atoms with Crippen LogP contribution in [0.5, 0.6) is 5.75 Å². The lowest BCUT2D eigenvalue weighted by atomic mass is 9.97.